The van der Waals surface area contributed by atoms with Crippen LogP contribution in [0.5, 0.6) is 0 Å². The van der Waals surface area contributed by atoms with Gasteiger partial charge in [-0.25, -0.2) is 4.79 Å². The first-order chi connectivity index (χ1) is 8.37. The average Bonchev–Trinajstić information content (AvgIpc) is 2.28. The van der Waals surface area contributed by atoms with Gasteiger partial charge in [0.2, 0.25) is 5.91 Å². The highest BCUT2D eigenvalue weighted by molar-refractivity contribution is 14.1. The van der Waals surface area contributed by atoms with Crippen molar-refractivity contribution in [2.75, 3.05) is 0 Å². The van der Waals surface area contributed by atoms with E-state index in [2.05, 4.69) is 27.9 Å². The van der Waals surface area contributed by atoms with Crippen LogP contribution in [-0.4, -0.2) is 22.5 Å². The molecule has 0 aliphatic carbocycles. The molecule has 1 atom stereocenters. The third-order valence-corrected chi connectivity index (χ3v) is 3.52. The number of hydrogen-bond acceptors (Lipinski definition) is 2. The van der Waals surface area contributed by atoms with Crippen LogP contribution < -0.4 is 5.32 Å². The maximum absolute atomic E-state index is 11.8. The molecule has 1 rings (SSSR count). The Morgan fingerprint density at radius 1 is 1.44 bits per heavy atom. The number of carbonyl (C=O) groups is 2. The summed E-state index contributed by atoms with van der Waals surface area (Å²) in [4.78, 5) is 22.9. The molecule has 1 aromatic carbocycles. The lowest BCUT2D eigenvalue weighted by atomic mass is 9.98. The fourth-order valence-electron chi connectivity index (χ4n) is 1.48. The van der Waals surface area contributed by atoms with Crippen LogP contribution in [-0.2, 0) is 16.0 Å². The molecule has 0 radical (unpaired) electrons. The summed E-state index contributed by atoms with van der Waals surface area (Å²) < 4.78 is 1.05. The molecule has 18 heavy (non-hydrogen) atoms. The average molecular weight is 361 g/mol. The largest absolute Gasteiger partial charge is 0.480 e. The van der Waals surface area contributed by atoms with E-state index < -0.39 is 11.5 Å². The Labute approximate surface area is 120 Å². The Morgan fingerprint density at radius 2 is 2.11 bits per heavy atom. The third kappa shape index (κ3) is 3.97. The van der Waals surface area contributed by atoms with Crippen molar-refractivity contribution in [3.63, 3.8) is 0 Å². The molecule has 0 heterocycles. The molecule has 2 N–H and O–H groups in total. The van der Waals surface area contributed by atoms with Gasteiger partial charge in [0.15, 0.2) is 0 Å². The monoisotopic (exact) mass is 361 g/mol. The Hall–Kier alpha value is -1.11. The Kier molecular flexibility index (Phi) is 5.13. The van der Waals surface area contributed by atoms with E-state index in [1.165, 1.54) is 6.92 Å². The number of amides is 1. The Bertz CT molecular complexity index is 461. The fraction of sp³-hybridized carbons (Fsp3) is 0.385. The molecule has 0 fully saturated rings. The van der Waals surface area contributed by atoms with Gasteiger partial charge in [0.25, 0.3) is 0 Å². The smallest absolute Gasteiger partial charge is 0.329 e. The number of halogens is 1. The highest BCUT2D eigenvalue weighted by atomic mass is 127. The van der Waals surface area contributed by atoms with E-state index in [1.54, 1.807) is 6.92 Å². The summed E-state index contributed by atoms with van der Waals surface area (Å²) in [6.07, 6.45) is 0.542. The molecule has 0 aliphatic heterocycles. The van der Waals surface area contributed by atoms with Crippen LogP contribution in [0.25, 0.3) is 0 Å². The van der Waals surface area contributed by atoms with E-state index in [0.29, 0.717) is 6.42 Å². The maximum Gasteiger partial charge on any atom is 0.329 e. The first-order valence-corrected chi connectivity index (χ1v) is 6.74. The molecule has 1 amide bonds. The third-order valence-electron chi connectivity index (χ3n) is 2.85. The molecule has 4 nitrogen and oxygen atoms in total. The van der Waals surface area contributed by atoms with Gasteiger partial charge in [0, 0.05) is 3.57 Å². The van der Waals surface area contributed by atoms with Crippen LogP contribution in [0.2, 0.25) is 0 Å². The van der Waals surface area contributed by atoms with Crippen LogP contribution in [0, 0.1) is 3.57 Å². The van der Waals surface area contributed by atoms with Crippen molar-refractivity contribution >= 4 is 34.5 Å². The first-order valence-electron chi connectivity index (χ1n) is 5.66. The molecule has 0 spiro atoms. The lowest BCUT2D eigenvalue weighted by Crippen LogP contribution is -2.52. The molecule has 0 bridgehead atoms. The molecular formula is C13H16INO3. The predicted octanol–water partition coefficient (Wildman–Crippen LogP) is 2.20. The molecular weight excluding hydrogens is 345 g/mol. The van der Waals surface area contributed by atoms with Gasteiger partial charge in [-0.2, -0.15) is 0 Å². The maximum atomic E-state index is 11.8. The number of nitrogens with one attached hydrogen (secondary N) is 1. The quantitative estimate of drug-likeness (QED) is 0.791. The molecule has 5 heteroatoms. The summed E-state index contributed by atoms with van der Waals surface area (Å²) in [7, 11) is 0. The fourth-order valence-corrected chi connectivity index (χ4v) is 2.08. The lowest BCUT2D eigenvalue weighted by Gasteiger charge is -2.24. The van der Waals surface area contributed by atoms with Gasteiger partial charge in [-0.15, -0.1) is 0 Å². The number of carboxylic acid groups (broad SMARTS) is 1. The summed E-state index contributed by atoms with van der Waals surface area (Å²) in [6.45, 7) is 3.25. The number of aliphatic carboxylic acids is 1. The zero-order valence-corrected chi connectivity index (χ0v) is 12.5. The Balaban J connectivity index is 2.70. The Morgan fingerprint density at radius 3 is 2.61 bits per heavy atom. The minimum atomic E-state index is -1.20. The summed E-state index contributed by atoms with van der Waals surface area (Å²) in [5, 5.41) is 11.6. The molecule has 0 aliphatic rings. The van der Waals surface area contributed by atoms with Crippen molar-refractivity contribution in [3.05, 3.63) is 33.4 Å². The summed E-state index contributed by atoms with van der Waals surface area (Å²) >= 11 is 2.17. The molecule has 1 aromatic rings. The minimum Gasteiger partial charge on any atom is -0.480 e. The van der Waals surface area contributed by atoms with Gasteiger partial charge in [-0.05, 0) is 53.6 Å². The molecule has 0 saturated carbocycles. The van der Waals surface area contributed by atoms with Crippen molar-refractivity contribution in [2.24, 2.45) is 0 Å². The van der Waals surface area contributed by atoms with E-state index in [-0.39, 0.29) is 12.3 Å². The van der Waals surface area contributed by atoms with Crippen molar-refractivity contribution in [2.45, 2.75) is 32.2 Å². The van der Waals surface area contributed by atoms with Crippen LogP contribution >= 0.6 is 22.6 Å². The van der Waals surface area contributed by atoms with Gasteiger partial charge < -0.3 is 10.4 Å². The molecule has 0 aromatic heterocycles. The molecule has 98 valence electrons. The topological polar surface area (TPSA) is 66.4 Å². The second-order valence-electron chi connectivity index (χ2n) is 4.35. The summed E-state index contributed by atoms with van der Waals surface area (Å²) in [6, 6.07) is 7.58. The van der Waals surface area contributed by atoms with Gasteiger partial charge in [0.05, 0.1) is 6.42 Å². The minimum absolute atomic E-state index is 0.194. The van der Waals surface area contributed by atoms with E-state index in [9.17, 15) is 9.59 Å². The standard InChI is InChI=1S/C13H16INO3/c1-3-13(2,12(17)18)15-11(16)8-9-5-4-6-10(14)7-9/h4-7H,3,8H2,1-2H3,(H,15,16)(H,17,18). The number of rotatable bonds is 5. The zero-order chi connectivity index (χ0) is 13.8. The van der Waals surface area contributed by atoms with Crippen molar-refractivity contribution in [1.82, 2.24) is 5.32 Å². The highest BCUT2D eigenvalue weighted by Gasteiger charge is 2.32. The lowest BCUT2D eigenvalue weighted by molar-refractivity contribution is -0.146. The van der Waals surface area contributed by atoms with E-state index >= 15 is 0 Å². The van der Waals surface area contributed by atoms with Crippen molar-refractivity contribution in [1.29, 1.82) is 0 Å². The van der Waals surface area contributed by atoms with Crippen LogP contribution in [0.3, 0.4) is 0 Å². The molecule has 0 saturated heterocycles. The van der Waals surface area contributed by atoms with Crippen molar-refractivity contribution < 1.29 is 14.7 Å². The van der Waals surface area contributed by atoms with E-state index in [4.69, 9.17) is 5.11 Å². The number of carboxylic acids is 1. The van der Waals surface area contributed by atoms with E-state index in [0.717, 1.165) is 9.13 Å². The SMILES string of the molecule is CCC(C)(NC(=O)Cc1cccc(I)c1)C(=O)O. The van der Waals surface area contributed by atoms with Gasteiger partial charge in [-0.1, -0.05) is 19.1 Å². The van der Waals surface area contributed by atoms with Gasteiger partial charge >= 0.3 is 5.97 Å². The van der Waals surface area contributed by atoms with Crippen LogP contribution in [0.1, 0.15) is 25.8 Å². The number of benzene rings is 1. The van der Waals surface area contributed by atoms with E-state index in [1.807, 2.05) is 24.3 Å². The summed E-state index contributed by atoms with van der Waals surface area (Å²) in [5.41, 5.74) is -0.317. The van der Waals surface area contributed by atoms with Gasteiger partial charge in [0.1, 0.15) is 5.54 Å². The zero-order valence-electron chi connectivity index (χ0n) is 10.4. The predicted molar refractivity (Wildman–Crippen MR) is 77.3 cm³/mol. The molecule has 1 unspecified atom stereocenters. The van der Waals surface area contributed by atoms with Gasteiger partial charge in [-0.3, -0.25) is 4.79 Å². The highest BCUT2D eigenvalue weighted by Crippen LogP contribution is 2.12. The normalized spacial score (nSPS) is 13.7. The number of carbonyl (C=O) groups excluding carboxylic acids is 1. The van der Waals surface area contributed by atoms with Crippen molar-refractivity contribution in [3.8, 4) is 0 Å². The second-order valence-corrected chi connectivity index (χ2v) is 5.59. The summed E-state index contributed by atoms with van der Waals surface area (Å²) in [5.74, 6) is -1.29. The number of hydrogen-bond donors (Lipinski definition) is 2. The van der Waals surface area contributed by atoms with Crippen LogP contribution in [0.4, 0.5) is 0 Å². The van der Waals surface area contributed by atoms with Crippen LogP contribution in [0.15, 0.2) is 24.3 Å². The first kappa shape index (κ1) is 14.9. The second kappa shape index (κ2) is 6.17.